The van der Waals surface area contributed by atoms with Crippen LogP contribution in [0.2, 0.25) is 0 Å². The highest BCUT2D eigenvalue weighted by molar-refractivity contribution is 7.92. The van der Waals surface area contributed by atoms with E-state index < -0.39 is 32.5 Å². The minimum absolute atomic E-state index is 0.0252. The number of hydrogen-bond acceptors (Lipinski definition) is 5. The van der Waals surface area contributed by atoms with Crippen LogP contribution in [0.15, 0.2) is 77.7 Å². The zero-order chi connectivity index (χ0) is 24.2. The van der Waals surface area contributed by atoms with Crippen molar-refractivity contribution in [3.63, 3.8) is 0 Å². The van der Waals surface area contributed by atoms with Crippen molar-refractivity contribution in [1.29, 1.82) is 0 Å². The van der Waals surface area contributed by atoms with E-state index >= 15 is 0 Å². The van der Waals surface area contributed by atoms with E-state index in [-0.39, 0.29) is 4.90 Å². The van der Waals surface area contributed by atoms with Crippen molar-refractivity contribution in [2.75, 3.05) is 27.1 Å². The van der Waals surface area contributed by atoms with Gasteiger partial charge >= 0.3 is 0 Å². The van der Waals surface area contributed by atoms with E-state index in [0.717, 1.165) is 21.7 Å². The van der Waals surface area contributed by atoms with Gasteiger partial charge in [0, 0.05) is 11.4 Å². The lowest BCUT2D eigenvalue weighted by Gasteiger charge is -2.22. The van der Waals surface area contributed by atoms with Crippen LogP contribution in [0, 0.1) is 13.8 Å². The number of rotatable bonds is 8. The van der Waals surface area contributed by atoms with Gasteiger partial charge in [-0.1, -0.05) is 24.3 Å². The Kier molecular flexibility index (Phi) is 7.09. The highest BCUT2D eigenvalue weighted by Crippen LogP contribution is 2.22. The average molecular weight is 488 g/mol. The number of amides is 1. The Labute approximate surface area is 194 Å². The van der Waals surface area contributed by atoms with E-state index in [9.17, 15) is 21.6 Å². The molecule has 0 atom stereocenters. The Morgan fingerprint density at radius 1 is 0.818 bits per heavy atom. The zero-order valence-corrected chi connectivity index (χ0v) is 20.1. The van der Waals surface area contributed by atoms with E-state index in [2.05, 4.69) is 10.0 Å². The number of aryl methyl sites for hydroxylation is 2. The van der Waals surface area contributed by atoms with Gasteiger partial charge in [0.05, 0.1) is 16.8 Å². The number of hydrogen-bond donors (Lipinski definition) is 2. The zero-order valence-electron chi connectivity index (χ0n) is 18.4. The number of carbonyl (C=O) groups is 1. The molecule has 10 heteroatoms. The Balaban J connectivity index is 1.72. The topological polar surface area (TPSA) is 113 Å². The van der Waals surface area contributed by atoms with E-state index in [1.54, 1.807) is 48.5 Å². The Morgan fingerprint density at radius 2 is 1.45 bits per heavy atom. The van der Waals surface area contributed by atoms with Crippen molar-refractivity contribution < 1.29 is 21.6 Å². The van der Waals surface area contributed by atoms with Gasteiger partial charge in [-0.15, -0.1) is 0 Å². The summed E-state index contributed by atoms with van der Waals surface area (Å²) in [6.07, 6.45) is 1.04. The van der Waals surface area contributed by atoms with Crippen LogP contribution in [0.25, 0.3) is 0 Å². The second-order valence-corrected chi connectivity index (χ2v) is 11.2. The molecule has 0 spiro atoms. The molecule has 3 aromatic rings. The van der Waals surface area contributed by atoms with Gasteiger partial charge in [-0.3, -0.25) is 13.8 Å². The molecule has 0 saturated heterocycles. The number of benzene rings is 3. The smallest absolute Gasteiger partial charge is 0.261 e. The van der Waals surface area contributed by atoms with E-state index in [4.69, 9.17) is 0 Å². The number of sulfonamides is 2. The number of nitrogens with one attached hydrogen (secondary N) is 2. The minimum atomic E-state index is -3.79. The summed E-state index contributed by atoms with van der Waals surface area (Å²) in [6.45, 7) is 3.36. The predicted octanol–water partition coefficient (Wildman–Crippen LogP) is 3.51. The summed E-state index contributed by atoms with van der Waals surface area (Å²) >= 11 is 0. The Hall–Kier alpha value is -3.37. The molecule has 0 unspecified atom stereocenters. The van der Waals surface area contributed by atoms with Crippen LogP contribution in [0.4, 0.5) is 17.1 Å². The van der Waals surface area contributed by atoms with Crippen LogP contribution in [-0.4, -0.2) is 35.5 Å². The van der Waals surface area contributed by atoms with Crippen molar-refractivity contribution in [3.05, 3.63) is 83.9 Å². The van der Waals surface area contributed by atoms with Gasteiger partial charge in [-0.25, -0.2) is 16.8 Å². The number of para-hydroxylation sites is 1. The van der Waals surface area contributed by atoms with Gasteiger partial charge in [0.1, 0.15) is 6.54 Å². The quantitative estimate of drug-likeness (QED) is 0.505. The van der Waals surface area contributed by atoms with Gasteiger partial charge in [0.2, 0.25) is 15.9 Å². The molecule has 8 nitrogen and oxygen atoms in total. The number of nitrogens with zero attached hydrogens (tertiary/aromatic N) is 1. The molecule has 3 rings (SSSR count). The highest BCUT2D eigenvalue weighted by atomic mass is 32.2. The first-order chi connectivity index (χ1) is 15.5. The van der Waals surface area contributed by atoms with Gasteiger partial charge in [-0.05, 0) is 73.5 Å². The standard InChI is InChI=1S/C23H25N3O5S2/c1-17-9-12-21(15-18(17)2)26(32(3,28)29)16-23(27)24-19-10-13-22(14-11-19)33(30,31)25-20-7-5-4-6-8-20/h4-15,25H,16H2,1-3H3,(H,24,27). The van der Waals surface area contributed by atoms with Crippen LogP contribution in [0.3, 0.4) is 0 Å². The van der Waals surface area contributed by atoms with Crippen molar-refractivity contribution >= 4 is 43.0 Å². The lowest BCUT2D eigenvalue weighted by atomic mass is 10.1. The summed E-state index contributed by atoms with van der Waals surface area (Å²) < 4.78 is 53.1. The molecule has 2 N–H and O–H groups in total. The molecule has 0 radical (unpaired) electrons. The molecule has 0 saturated carbocycles. The summed E-state index contributed by atoms with van der Waals surface area (Å²) in [5.41, 5.74) is 3.08. The summed E-state index contributed by atoms with van der Waals surface area (Å²) in [5, 5.41) is 2.61. The lowest BCUT2D eigenvalue weighted by Crippen LogP contribution is -2.37. The second-order valence-electron chi connectivity index (χ2n) is 7.58. The molecule has 0 heterocycles. The molecule has 1 amide bonds. The number of anilines is 3. The maximum Gasteiger partial charge on any atom is 0.261 e. The Bertz CT molecular complexity index is 1350. The van der Waals surface area contributed by atoms with Gasteiger partial charge in [0.25, 0.3) is 10.0 Å². The van der Waals surface area contributed by atoms with Crippen LogP contribution in [-0.2, 0) is 24.8 Å². The molecule has 0 aliphatic heterocycles. The average Bonchev–Trinajstić information content (AvgIpc) is 2.74. The summed E-state index contributed by atoms with van der Waals surface area (Å²) in [4.78, 5) is 12.6. The van der Waals surface area contributed by atoms with Gasteiger partial charge in [-0.2, -0.15) is 0 Å². The largest absolute Gasteiger partial charge is 0.325 e. The van der Waals surface area contributed by atoms with Gasteiger partial charge < -0.3 is 5.32 Å². The Morgan fingerprint density at radius 3 is 2.03 bits per heavy atom. The second kappa shape index (κ2) is 9.63. The lowest BCUT2D eigenvalue weighted by molar-refractivity contribution is -0.114. The molecular formula is C23H25N3O5S2. The third-order valence-corrected chi connectivity index (χ3v) is 7.48. The summed E-state index contributed by atoms with van der Waals surface area (Å²) in [5.74, 6) is -0.559. The molecule has 3 aromatic carbocycles. The molecule has 0 fully saturated rings. The molecule has 0 bridgehead atoms. The fraction of sp³-hybridized carbons (Fsp3) is 0.174. The van der Waals surface area contributed by atoms with Gasteiger partial charge in [0.15, 0.2) is 0 Å². The van der Waals surface area contributed by atoms with E-state index in [0.29, 0.717) is 17.1 Å². The van der Waals surface area contributed by atoms with Crippen LogP contribution >= 0.6 is 0 Å². The molecule has 33 heavy (non-hydrogen) atoms. The third-order valence-electron chi connectivity index (χ3n) is 4.94. The summed E-state index contributed by atoms with van der Waals surface area (Å²) in [6, 6.07) is 19.2. The van der Waals surface area contributed by atoms with Crippen molar-refractivity contribution in [1.82, 2.24) is 0 Å². The minimum Gasteiger partial charge on any atom is -0.325 e. The maximum absolute atomic E-state index is 12.6. The van der Waals surface area contributed by atoms with Crippen LogP contribution in [0.1, 0.15) is 11.1 Å². The first-order valence-corrected chi connectivity index (χ1v) is 13.3. The predicted molar refractivity (Wildman–Crippen MR) is 130 cm³/mol. The molecule has 0 aliphatic rings. The van der Waals surface area contributed by atoms with E-state index in [1.807, 2.05) is 13.8 Å². The molecule has 174 valence electrons. The molecule has 0 aliphatic carbocycles. The highest BCUT2D eigenvalue weighted by Gasteiger charge is 2.21. The molecular weight excluding hydrogens is 462 g/mol. The fourth-order valence-electron chi connectivity index (χ4n) is 3.05. The SMILES string of the molecule is Cc1ccc(N(CC(=O)Nc2ccc(S(=O)(=O)Nc3ccccc3)cc2)S(C)(=O)=O)cc1C. The van der Waals surface area contributed by atoms with Crippen molar-refractivity contribution in [2.24, 2.45) is 0 Å². The third kappa shape index (κ3) is 6.33. The monoisotopic (exact) mass is 487 g/mol. The van der Waals surface area contributed by atoms with E-state index in [1.165, 1.54) is 24.3 Å². The number of carbonyl (C=O) groups excluding carboxylic acids is 1. The molecule has 0 aromatic heterocycles. The van der Waals surface area contributed by atoms with Crippen molar-refractivity contribution in [3.8, 4) is 0 Å². The van der Waals surface area contributed by atoms with Crippen LogP contribution in [0.5, 0.6) is 0 Å². The first-order valence-electron chi connectivity index (χ1n) is 9.98. The fourth-order valence-corrected chi connectivity index (χ4v) is 4.96. The first kappa shape index (κ1) is 24.3. The van der Waals surface area contributed by atoms with Crippen molar-refractivity contribution in [2.45, 2.75) is 18.7 Å². The summed E-state index contributed by atoms with van der Waals surface area (Å²) in [7, 11) is -7.50. The maximum atomic E-state index is 12.6. The normalized spacial score (nSPS) is 11.6. The van der Waals surface area contributed by atoms with Crippen LogP contribution < -0.4 is 14.3 Å².